The lowest BCUT2D eigenvalue weighted by Crippen LogP contribution is -2.02. The fraction of sp³-hybridized carbons (Fsp3) is 0.176. The van der Waals surface area contributed by atoms with Gasteiger partial charge >= 0.3 is 0 Å². The van der Waals surface area contributed by atoms with Crippen LogP contribution in [0, 0.1) is 6.92 Å². The fourth-order valence-electron chi connectivity index (χ4n) is 2.50. The Morgan fingerprint density at radius 3 is 2.63 bits per heavy atom. The van der Waals surface area contributed by atoms with Gasteiger partial charge in [-0.25, -0.2) is 0 Å². The van der Waals surface area contributed by atoms with E-state index in [1.165, 1.54) is 21.9 Å². The molecular formula is C17H16OS. The molecule has 1 nitrogen and oxygen atoms in total. The van der Waals surface area contributed by atoms with Crippen molar-refractivity contribution in [3.8, 4) is 0 Å². The summed E-state index contributed by atoms with van der Waals surface area (Å²) >= 11 is 1.65. The molecule has 3 rings (SSSR count). The Bertz CT molecular complexity index is 694. The monoisotopic (exact) mass is 268 g/mol. The van der Waals surface area contributed by atoms with E-state index in [2.05, 4.69) is 42.6 Å². The fourth-order valence-corrected chi connectivity index (χ4v) is 3.40. The Labute approximate surface area is 117 Å². The Balaban J connectivity index is 1.96. The molecule has 1 heterocycles. The van der Waals surface area contributed by atoms with Gasteiger partial charge in [0, 0.05) is 6.42 Å². The standard InChI is InChI=1S/C17H16OS/c1-12-10-19-11-16(12)17(18)9-14-7-4-6-13-5-2-3-8-15(13)14/h2-8,10-11,17-18H,9H2,1H3. The Kier molecular flexibility index (Phi) is 3.36. The number of hydrogen-bond acceptors (Lipinski definition) is 2. The van der Waals surface area contributed by atoms with E-state index in [0.29, 0.717) is 6.42 Å². The van der Waals surface area contributed by atoms with Crippen LogP contribution in [0.15, 0.2) is 53.2 Å². The molecule has 0 fully saturated rings. The first-order valence-corrected chi connectivity index (χ1v) is 7.37. The molecule has 0 radical (unpaired) electrons. The van der Waals surface area contributed by atoms with Crippen molar-refractivity contribution in [3.05, 3.63) is 69.9 Å². The van der Waals surface area contributed by atoms with Crippen molar-refractivity contribution in [2.24, 2.45) is 0 Å². The maximum atomic E-state index is 10.4. The molecule has 0 amide bonds. The molecule has 1 unspecified atom stereocenters. The zero-order valence-corrected chi connectivity index (χ0v) is 11.7. The van der Waals surface area contributed by atoms with Gasteiger partial charge in [0.2, 0.25) is 0 Å². The predicted octanol–water partition coefficient (Wildman–Crippen LogP) is 4.49. The third-order valence-corrected chi connectivity index (χ3v) is 4.43. The highest BCUT2D eigenvalue weighted by molar-refractivity contribution is 7.08. The molecule has 0 saturated carbocycles. The highest BCUT2D eigenvalue weighted by Gasteiger charge is 2.13. The van der Waals surface area contributed by atoms with Crippen LogP contribution >= 0.6 is 11.3 Å². The first-order chi connectivity index (χ1) is 9.25. The van der Waals surface area contributed by atoms with Crippen LogP contribution in [0.5, 0.6) is 0 Å². The molecule has 3 aromatic rings. The predicted molar refractivity (Wildman–Crippen MR) is 81.7 cm³/mol. The lowest BCUT2D eigenvalue weighted by atomic mass is 9.96. The van der Waals surface area contributed by atoms with Gasteiger partial charge in [-0.3, -0.25) is 0 Å². The highest BCUT2D eigenvalue weighted by Crippen LogP contribution is 2.27. The molecule has 96 valence electrons. The van der Waals surface area contributed by atoms with Gasteiger partial charge in [0.1, 0.15) is 0 Å². The van der Waals surface area contributed by atoms with E-state index >= 15 is 0 Å². The minimum atomic E-state index is -0.419. The molecule has 0 aliphatic carbocycles. The van der Waals surface area contributed by atoms with Crippen LogP contribution in [0.2, 0.25) is 0 Å². The Morgan fingerprint density at radius 2 is 1.84 bits per heavy atom. The minimum Gasteiger partial charge on any atom is -0.388 e. The number of hydrogen-bond donors (Lipinski definition) is 1. The second-order valence-corrected chi connectivity index (χ2v) is 5.61. The van der Waals surface area contributed by atoms with Crippen molar-refractivity contribution in [1.82, 2.24) is 0 Å². The van der Waals surface area contributed by atoms with Crippen molar-refractivity contribution in [2.75, 3.05) is 0 Å². The second-order valence-electron chi connectivity index (χ2n) is 4.87. The van der Waals surface area contributed by atoms with Gasteiger partial charge in [0.15, 0.2) is 0 Å². The molecule has 1 aromatic heterocycles. The molecule has 0 aliphatic heterocycles. The van der Waals surface area contributed by atoms with Crippen LogP contribution in [0.25, 0.3) is 10.8 Å². The van der Waals surface area contributed by atoms with E-state index in [0.717, 1.165) is 5.56 Å². The average molecular weight is 268 g/mol. The van der Waals surface area contributed by atoms with E-state index in [1.54, 1.807) is 11.3 Å². The smallest absolute Gasteiger partial charge is 0.0841 e. The normalized spacial score (nSPS) is 12.7. The van der Waals surface area contributed by atoms with Crippen LogP contribution < -0.4 is 0 Å². The van der Waals surface area contributed by atoms with Gasteiger partial charge in [-0.15, -0.1) is 0 Å². The summed E-state index contributed by atoms with van der Waals surface area (Å²) in [6, 6.07) is 14.6. The third-order valence-electron chi connectivity index (χ3n) is 3.55. The summed E-state index contributed by atoms with van der Waals surface area (Å²) in [6.45, 7) is 2.05. The summed E-state index contributed by atoms with van der Waals surface area (Å²) in [7, 11) is 0. The molecule has 2 heteroatoms. The van der Waals surface area contributed by atoms with Crippen LogP contribution in [-0.2, 0) is 6.42 Å². The molecule has 0 spiro atoms. The van der Waals surface area contributed by atoms with E-state index in [9.17, 15) is 5.11 Å². The number of aliphatic hydroxyl groups is 1. The first kappa shape index (κ1) is 12.4. The zero-order chi connectivity index (χ0) is 13.2. The molecule has 19 heavy (non-hydrogen) atoms. The van der Waals surface area contributed by atoms with Crippen molar-refractivity contribution in [1.29, 1.82) is 0 Å². The average Bonchev–Trinajstić information content (AvgIpc) is 2.85. The topological polar surface area (TPSA) is 20.2 Å². The number of aliphatic hydroxyl groups excluding tert-OH is 1. The summed E-state index contributed by atoms with van der Waals surface area (Å²) in [6.07, 6.45) is 0.246. The molecule has 2 aromatic carbocycles. The van der Waals surface area contributed by atoms with E-state index < -0.39 is 6.10 Å². The molecule has 1 atom stereocenters. The van der Waals surface area contributed by atoms with Crippen LogP contribution in [0.1, 0.15) is 22.8 Å². The molecule has 1 N–H and O–H groups in total. The summed E-state index contributed by atoms with van der Waals surface area (Å²) in [4.78, 5) is 0. The van der Waals surface area contributed by atoms with Gasteiger partial charge in [-0.1, -0.05) is 42.5 Å². The van der Waals surface area contributed by atoms with Crippen molar-refractivity contribution in [2.45, 2.75) is 19.4 Å². The maximum absolute atomic E-state index is 10.4. The number of rotatable bonds is 3. The zero-order valence-electron chi connectivity index (χ0n) is 10.8. The maximum Gasteiger partial charge on any atom is 0.0841 e. The Hall–Kier alpha value is -1.64. The Morgan fingerprint density at radius 1 is 1.05 bits per heavy atom. The summed E-state index contributed by atoms with van der Waals surface area (Å²) < 4.78 is 0. The van der Waals surface area contributed by atoms with Crippen LogP contribution in [0.4, 0.5) is 0 Å². The third kappa shape index (κ3) is 2.42. The molecule has 0 bridgehead atoms. The van der Waals surface area contributed by atoms with E-state index in [1.807, 2.05) is 17.5 Å². The van der Waals surface area contributed by atoms with Gasteiger partial charge in [-0.05, 0) is 45.1 Å². The van der Waals surface area contributed by atoms with Crippen molar-refractivity contribution >= 4 is 22.1 Å². The van der Waals surface area contributed by atoms with Gasteiger partial charge in [-0.2, -0.15) is 11.3 Å². The summed E-state index contributed by atoms with van der Waals surface area (Å²) in [5.41, 5.74) is 3.44. The van der Waals surface area contributed by atoms with Crippen molar-refractivity contribution in [3.63, 3.8) is 0 Å². The number of thiophene rings is 1. The summed E-state index contributed by atoms with van der Waals surface area (Å²) in [5.74, 6) is 0. The second kappa shape index (κ2) is 5.16. The highest BCUT2D eigenvalue weighted by atomic mass is 32.1. The van der Waals surface area contributed by atoms with Gasteiger partial charge in [0.05, 0.1) is 6.10 Å². The van der Waals surface area contributed by atoms with Crippen LogP contribution in [0.3, 0.4) is 0 Å². The lowest BCUT2D eigenvalue weighted by molar-refractivity contribution is 0.178. The van der Waals surface area contributed by atoms with Crippen molar-refractivity contribution < 1.29 is 5.11 Å². The minimum absolute atomic E-state index is 0.419. The molecular weight excluding hydrogens is 252 g/mol. The number of fused-ring (bicyclic) bond motifs is 1. The van der Waals surface area contributed by atoms with Crippen LogP contribution in [-0.4, -0.2) is 5.11 Å². The quantitative estimate of drug-likeness (QED) is 0.742. The molecule has 0 aliphatic rings. The first-order valence-electron chi connectivity index (χ1n) is 6.43. The number of benzene rings is 2. The lowest BCUT2D eigenvalue weighted by Gasteiger charge is -2.12. The van der Waals surface area contributed by atoms with E-state index in [4.69, 9.17) is 0 Å². The van der Waals surface area contributed by atoms with E-state index in [-0.39, 0.29) is 0 Å². The SMILES string of the molecule is Cc1cscc1C(O)Cc1cccc2ccccc12. The largest absolute Gasteiger partial charge is 0.388 e. The van der Waals surface area contributed by atoms with Gasteiger partial charge < -0.3 is 5.11 Å². The number of aryl methyl sites for hydroxylation is 1. The molecule has 0 saturated heterocycles. The summed E-state index contributed by atoms with van der Waals surface area (Å²) in [5, 5.41) is 17.0. The van der Waals surface area contributed by atoms with Gasteiger partial charge in [0.25, 0.3) is 0 Å².